The van der Waals surface area contributed by atoms with Gasteiger partial charge in [0.05, 0.1) is 20.1 Å². The van der Waals surface area contributed by atoms with Crippen molar-refractivity contribution in [3.05, 3.63) is 59.7 Å². The average molecular weight is 328 g/mol. The van der Waals surface area contributed by atoms with Gasteiger partial charge in [0.15, 0.2) is 11.5 Å². The van der Waals surface area contributed by atoms with Crippen molar-refractivity contribution in [2.45, 2.75) is 26.3 Å². The molecule has 5 nitrogen and oxygen atoms in total. The summed E-state index contributed by atoms with van der Waals surface area (Å²) in [6, 6.07) is 15.5. The number of methoxy groups -OCH3 is 1. The third-order valence-electron chi connectivity index (χ3n) is 3.45. The third kappa shape index (κ3) is 5.28. The number of rotatable bonds is 9. The number of ether oxygens (including phenoxy) is 2. The van der Waals surface area contributed by atoms with Gasteiger partial charge < -0.3 is 9.47 Å². The lowest BCUT2D eigenvalue weighted by Crippen LogP contribution is -2.37. The van der Waals surface area contributed by atoms with Crippen molar-refractivity contribution in [1.82, 2.24) is 10.9 Å². The van der Waals surface area contributed by atoms with Crippen LogP contribution in [-0.2, 0) is 17.8 Å². The second-order valence-corrected chi connectivity index (χ2v) is 5.36. The Hall–Kier alpha value is -2.53. The second kappa shape index (κ2) is 9.57. The molecule has 0 fully saturated rings. The molecule has 2 N–H and O–H groups in total. The maximum atomic E-state index is 12.2. The van der Waals surface area contributed by atoms with E-state index in [9.17, 15) is 4.79 Å². The second-order valence-electron chi connectivity index (χ2n) is 5.36. The van der Waals surface area contributed by atoms with Crippen LogP contribution in [0.2, 0.25) is 0 Å². The number of carbonyl (C=O) groups excluding carboxylic acids is 1. The van der Waals surface area contributed by atoms with E-state index in [1.54, 1.807) is 7.11 Å². The molecule has 0 bridgehead atoms. The molecule has 128 valence electrons. The molecule has 0 spiro atoms. The van der Waals surface area contributed by atoms with Gasteiger partial charge >= 0.3 is 0 Å². The van der Waals surface area contributed by atoms with Crippen molar-refractivity contribution < 1.29 is 14.3 Å². The van der Waals surface area contributed by atoms with Crippen LogP contribution in [0.15, 0.2) is 48.5 Å². The van der Waals surface area contributed by atoms with E-state index in [1.165, 1.54) is 0 Å². The fourth-order valence-electron chi connectivity index (χ4n) is 2.29. The van der Waals surface area contributed by atoms with Crippen molar-refractivity contribution >= 4 is 5.91 Å². The molecule has 0 radical (unpaired) electrons. The SMILES string of the molecule is CCCOc1c(CC(=O)NNCc2ccccc2)cccc1OC. The molecule has 1 amide bonds. The molecule has 0 aliphatic heterocycles. The van der Waals surface area contributed by atoms with Gasteiger partial charge in [0.2, 0.25) is 5.91 Å². The standard InChI is InChI=1S/C19H24N2O3/c1-3-12-24-19-16(10-7-11-17(19)23-2)13-18(22)21-20-14-15-8-5-4-6-9-15/h4-11,20H,3,12-14H2,1-2H3,(H,21,22). The summed E-state index contributed by atoms with van der Waals surface area (Å²) >= 11 is 0. The zero-order chi connectivity index (χ0) is 17.2. The molecule has 0 atom stereocenters. The first-order valence-electron chi connectivity index (χ1n) is 8.09. The summed E-state index contributed by atoms with van der Waals surface area (Å²) in [5, 5.41) is 0. The van der Waals surface area contributed by atoms with E-state index in [0.717, 1.165) is 17.5 Å². The average Bonchev–Trinajstić information content (AvgIpc) is 2.61. The van der Waals surface area contributed by atoms with E-state index in [2.05, 4.69) is 10.9 Å². The summed E-state index contributed by atoms with van der Waals surface area (Å²) in [4.78, 5) is 12.2. The lowest BCUT2D eigenvalue weighted by atomic mass is 10.1. The van der Waals surface area contributed by atoms with Gasteiger partial charge in [-0.25, -0.2) is 5.43 Å². The molecule has 0 aromatic heterocycles. The lowest BCUT2D eigenvalue weighted by Gasteiger charge is -2.15. The Morgan fingerprint density at radius 3 is 2.58 bits per heavy atom. The summed E-state index contributed by atoms with van der Waals surface area (Å²) < 4.78 is 11.1. The number of carbonyl (C=O) groups is 1. The Kier molecular flexibility index (Phi) is 7.11. The number of benzene rings is 2. The molecule has 0 saturated heterocycles. The van der Waals surface area contributed by atoms with Crippen LogP contribution in [0.4, 0.5) is 0 Å². The highest BCUT2D eigenvalue weighted by Crippen LogP contribution is 2.31. The molecule has 0 heterocycles. The largest absolute Gasteiger partial charge is 0.493 e. The summed E-state index contributed by atoms with van der Waals surface area (Å²) in [5.41, 5.74) is 7.57. The summed E-state index contributed by atoms with van der Waals surface area (Å²) in [5.74, 6) is 1.16. The van der Waals surface area contributed by atoms with E-state index >= 15 is 0 Å². The Morgan fingerprint density at radius 2 is 1.88 bits per heavy atom. The van der Waals surface area contributed by atoms with Gasteiger partial charge in [-0.2, -0.15) is 0 Å². The molecule has 0 unspecified atom stereocenters. The van der Waals surface area contributed by atoms with Crippen LogP contribution in [-0.4, -0.2) is 19.6 Å². The smallest absolute Gasteiger partial charge is 0.238 e. The summed E-state index contributed by atoms with van der Waals surface area (Å²) in [6.45, 7) is 3.19. The van der Waals surface area contributed by atoms with Gasteiger partial charge in [-0.3, -0.25) is 10.2 Å². The number of nitrogens with one attached hydrogen (secondary N) is 2. The lowest BCUT2D eigenvalue weighted by molar-refractivity contribution is -0.121. The van der Waals surface area contributed by atoms with Crippen molar-refractivity contribution in [2.75, 3.05) is 13.7 Å². The maximum absolute atomic E-state index is 12.2. The Balaban J connectivity index is 1.93. The van der Waals surface area contributed by atoms with Crippen molar-refractivity contribution in [3.8, 4) is 11.5 Å². The third-order valence-corrected chi connectivity index (χ3v) is 3.45. The molecule has 0 saturated carbocycles. The van der Waals surface area contributed by atoms with E-state index in [-0.39, 0.29) is 12.3 Å². The fourth-order valence-corrected chi connectivity index (χ4v) is 2.29. The molecule has 2 aromatic carbocycles. The first-order valence-corrected chi connectivity index (χ1v) is 8.09. The number of hydrogen-bond acceptors (Lipinski definition) is 4. The van der Waals surface area contributed by atoms with Crippen LogP contribution in [0.25, 0.3) is 0 Å². The molecule has 2 rings (SSSR count). The Morgan fingerprint density at radius 1 is 1.08 bits per heavy atom. The minimum absolute atomic E-state index is 0.125. The zero-order valence-electron chi connectivity index (χ0n) is 14.2. The highest BCUT2D eigenvalue weighted by Gasteiger charge is 2.13. The van der Waals surface area contributed by atoms with Crippen LogP contribution in [0.3, 0.4) is 0 Å². The van der Waals surface area contributed by atoms with Crippen LogP contribution in [0, 0.1) is 0 Å². The van der Waals surface area contributed by atoms with Crippen molar-refractivity contribution in [2.24, 2.45) is 0 Å². The Bertz CT molecular complexity index is 644. The predicted molar refractivity (Wildman–Crippen MR) is 93.9 cm³/mol. The zero-order valence-corrected chi connectivity index (χ0v) is 14.2. The normalized spacial score (nSPS) is 10.2. The number of para-hydroxylation sites is 1. The highest BCUT2D eigenvalue weighted by molar-refractivity contribution is 5.79. The topological polar surface area (TPSA) is 59.6 Å². The molecule has 0 aliphatic rings. The van der Waals surface area contributed by atoms with Gasteiger partial charge in [-0.1, -0.05) is 49.4 Å². The van der Waals surface area contributed by atoms with Crippen molar-refractivity contribution in [3.63, 3.8) is 0 Å². The van der Waals surface area contributed by atoms with Crippen LogP contribution in [0.5, 0.6) is 11.5 Å². The quantitative estimate of drug-likeness (QED) is 0.695. The van der Waals surface area contributed by atoms with Crippen LogP contribution < -0.4 is 20.3 Å². The molecule has 0 aliphatic carbocycles. The number of amides is 1. The van der Waals surface area contributed by atoms with Crippen LogP contribution >= 0.6 is 0 Å². The summed E-state index contributed by atoms with van der Waals surface area (Å²) in [7, 11) is 1.60. The molecular formula is C19H24N2O3. The molecule has 24 heavy (non-hydrogen) atoms. The van der Waals surface area contributed by atoms with Gasteiger partial charge in [0, 0.05) is 12.1 Å². The molecular weight excluding hydrogens is 304 g/mol. The van der Waals surface area contributed by atoms with Gasteiger partial charge in [0.25, 0.3) is 0 Å². The fraction of sp³-hybridized carbons (Fsp3) is 0.316. The van der Waals surface area contributed by atoms with E-state index in [1.807, 2.05) is 55.5 Å². The monoisotopic (exact) mass is 328 g/mol. The van der Waals surface area contributed by atoms with Crippen molar-refractivity contribution in [1.29, 1.82) is 0 Å². The van der Waals surface area contributed by atoms with Gasteiger partial charge in [-0.05, 0) is 18.1 Å². The van der Waals surface area contributed by atoms with Gasteiger partial charge in [-0.15, -0.1) is 0 Å². The minimum Gasteiger partial charge on any atom is -0.493 e. The molecule has 5 heteroatoms. The van der Waals surface area contributed by atoms with E-state index in [4.69, 9.17) is 9.47 Å². The first-order chi connectivity index (χ1) is 11.7. The number of hydrazine groups is 1. The van der Waals surface area contributed by atoms with Crippen LogP contribution in [0.1, 0.15) is 24.5 Å². The Labute approximate surface area is 143 Å². The molecule has 2 aromatic rings. The van der Waals surface area contributed by atoms with Gasteiger partial charge in [0.1, 0.15) is 0 Å². The first kappa shape index (κ1) is 17.8. The predicted octanol–water partition coefficient (Wildman–Crippen LogP) is 2.85. The highest BCUT2D eigenvalue weighted by atomic mass is 16.5. The number of hydrogen-bond donors (Lipinski definition) is 2. The minimum atomic E-state index is -0.125. The summed E-state index contributed by atoms with van der Waals surface area (Å²) in [6.07, 6.45) is 1.11. The van der Waals surface area contributed by atoms with E-state index < -0.39 is 0 Å². The maximum Gasteiger partial charge on any atom is 0.238 e. The van der Waals surface area contributed by atoms with E-state index in [0.29, 0.717) is 24.7 Å².